The molecular formula is C14H28N4O. The van der Waals surface area contributed by atoms with Gasteiger partial charge in [-0.3, -0.25) is 14.6 Å². The molecule has 1 amide bonds. The molecular weight excluding hydrogens is 240 g/mol. The lowest BCUT2D eigenvalue weighted by atomic mass is 10.0. The van der Waals surface area contributed by atoms with Gasteiger partial charge >= 0.3 is 0 Å². The third-order valence-electron chi connectivity index (χ3n) is 4.32. The lowest BCUT2D eigenvalue weighted by Crippen LogP contribution is -2.66. The molecule has 2 N–H and O–H groups in total. The molecule has 2 heterocycles. The Labute approximate surface area is 116 Å². The van der Waals surface area contributed by atoms with Crippen LogP contribution < -0.4 is 10.6 Å². The molecule has 5 nitrogen and oxygen atoms in total. The quantitative estimate of drug-likeness (QED) is 0.660. The SMILES string of the molecule is CCCCNC(=O)C(C)N1CC(N2CCNCC2)C1. The van der Waals surface area contributed by atoms with Gasteiger partial charge in [-0.2, -0.15) is 0 Å². The summed E-state index contributed by atoms with van der Waals surface area (Å²) in [5.41, 5.74) is 0. The van der Waals surface area contributed by atoms with Gasteiger partial charge in [0.25, 0.3) is 0 Å². The Morgan fingerprint density at radius 3 is 2.68 bits per heavy atom. The molecule has 0 aromatic rings. The Hall–Kier alpha value is -0.650. The highest BCUT2D eigenvalue weighted by molar-refractivity contribution is 5.81. The number of unbranched alkanes of at least 4 members (excludes halogenated alkanes) is 1. The Kier molecular flexibility index (Phi) is 5.60. The minimum Gasteiger partial charge on any atom is -0.355 e. The van der Waals surface area contributed by atoms with Crippen molar-refractivity contribution >= 4 is 5.91 Å². The van der Waals surface area contributed by atoms with E-state index in [4.69, 9.17) is 0 Å². The number of hydrogen-bond donors (Lipinski definition) is 2. The molecule has 2 aliphatic heterocycles. The predicted octanol–water partition coefficient (Wildman–Crippen LogP) is -0.119. The second kappa shape index (κ2) is 7.22. The van der Waals surface area contributed by atoms with Crippen molar-refractivity contribution in [2.45, 2.75) is 38.8 Å². The van der Waals surface area contributed by atoms with Crippen molar-refractivity contribution in [2.75, 3.05) is 45.8 Å². The van der Waals surface area contributed by atoms with Crippen molar-refractivity contribution in [3.8, 4) is 0 Å². The monoisotopic (exact) mass is 268 g/mol. The zero-order valence-corrected chi connectivity index (χ0v) is 12.3. The normalized spacial score (nSPS) is 23.9. The van der Waals surface area contributed by atoms with E-state index in [2.05, 4.69) is 27.4 Å². The molecule has 2 fully saturated rings. The van der Waals surface area contributed by atoms with Crippen LogP contribution >= 0.6 is 0 Å². The van der Waals surface area contributed by atoms with Gasteiger partial charge in [0, 0.05) is 51.9 Å². The van der Waals surface area contributed by atoms with Crippen LogP contribution in [0.4, 0.5) is 0 Å². The number of nitrogens with one attached hydrogen (secondary N) is 2. The maximum Gasteiger partial charge on any atom is 0.237 e. The Bertz CT molecular complexity index is 285. The summed E-state index contributed by atoms with van der Waals surface area (Å²) < 4.78 is 0. The van der Waals surface area contributed by atoms with E-state index < -0.39 is 0 Å². The Balaban J connectivity index is 1.66. The van der Waals surface area contributed by atoms with Crippen molar-refractivity contribution in [3.05, 3.63) is 0 Å². The van der Waals surface area contributed by atoms with E-state index in [0.29, 0.717) is 6.04 Å². The molecule has 2 aliphatic rings. The lowest BCUT2D eigenvalue weighted by molar-refractivity contribution is -0.129. The molecule has 0 radical (unpaired) electrons. The average Bonchev–Trinajstić information content (AvgIpc) is 2.38. The van der Waals surface area contributed by atoms with E-state index in [1.807, 2.05) is 6.92 Å². The fourth-order valence-electron chi connectivity index (χ4n) is 2.78. The van der Waals surface area contributed by atoms with Gasteiger partial charge < -0.3 is 10.6 Å². The van der Waals surface area contributed by atoms with Crippen molar-refractivity contribution in [3.63, 3.8) is 0 Å². The molecule has 0 aromatic heterocycles. The van der Waals surface area contributed by atoms with E-state index in [1.165, 1.54) is 0 Å². The Morgan fingerprint density at radius 2 is 2.05 bits per heavy atom. The summed E-state index contributed by atoms with van der Waals surface area (Å²) in [5.74, 6) is 0.187. The van der Waals surface area contributed by atoms with Crippen LogP contribution in [0.3, 0.4) is 0 Å². The van der Waals surface area contributed by atoms with Gasteiger partial charge in [0.15, 0.2) is 0 Å². The number of piperazine rings is 1. The first-order chi connectivity index (χ1) is 9.22. The molecule has 1 unspecified atom stereocenters. The summed E-state index contributed by atoms with van der Waals surface area (Å²) in [6, 6.07) is 0.684. The molecule has 110 valence electrons. The number of carbonyl (C=O) groups excluding carboxylic acids is 1. The first-order valence-corrected chi connectivity index (χ1v) is 7.69. The number of carbonyl (C=O) groups is 1. The van der Waals surface area contributed by atoms with Crippen molar-refractivity contribution in [1.82, 2.24) is 20.4 Å². The summed E-state index contributed by atoms with van der Waals surface area (Å²) in [7, 11) is 0. The largest absolute Gasteiger partial charge is 0.355 e. The first-order valence-electron chi connectivity index (χ1n) is 7.69. The molecule has 1 atom stereocenters. The highest BCUT2D eigenvalue weighted by Crippen LogP contribution is 2.18. The molecule has 0 aliphatic carbocycles. The van der Waals surface area contributed by atoms with Gasteiger partial charge in [-0.05, 0) is 13.3 Å². The fourth-order valence-corrected chi connectivity index (χ4v) is 2.78. The number of likely N-dealkylation sites (tertiary alicyclic amines) is 1. The van der Waals surface area contributed by atoms with E-state index in [-0.39, 0.29) is 11.9 Å². The lowest BCUT2D eigenvalue weighted by Gasteiger charge is -2.48. The number of nitrogens with zero attached hydrogens (tertiary/aromatic N) is 2. The van der Waals surface area contributed by atoms with Crippen LogP contribution in [0.2, 0.25) is 0 Å². The van der Waals surface area contributed by atoms with Gasteiger partial charge in [-0.1, -0.05) is 13.3 Å². The second-order valence-electron chi connectivity index (χ2n) is 5.71. The molecule has 0 aromatic carbocycles. The number of hydrogen-bond acceptors (Lipinski definition) is 4. The van der Waals surface area contributed by atoms with Crippen LogP contribution in [-0.2, 0) is 4.79 Å². The second-order valence-corrected chi connectivity index (χ2v) is 5.71. The third kappa shape index (κ3) is 3.91. The smallest absolute Gasteiger partial charge is 0.237 e. The summed E-state index contributed by atoms with van der Waals surface area (Å²) in [4.78, 5) is 16.8. The molecule has 2 rings (SSSR count). The van der Waals surface area contributed by atoms with Crippen LogP contribution in [0.25, 0.3) is 0 Å². The van der Waals surface area contributed by atoms with Crippen molar-refractivity contribution in [2.24, 2.45) is 0 Å². The summed E-state index contributed by atoms with van der Waals surface area (Å²) in [6.07, 6.45) is 2.20. The van der Waals surface area contributed by atoms with Crippen LogP contribution in [-0.4, -0.2) is 73.6 Å². The highest BCUT2D eigenvalue weighted by Gasteiger charge is 2.36. The minimum atomic E-state index is 0.0241. The standard InChI is InChI=1S/C14H28N4O/c1-3-4-5-16-14(19)12(2)18-10-13(11-18)17-8-6-15-7-9-17/h12-13,15H,3-11H2,1-2H3,(H,16,19). The van der Waals surface area contributed by atoms with Crippen LogP contribution in [0.1, 0.15) is 26.7 Å². The van der Waals surface area contributed by atoms with Crippen molar-refractivity contribution < 1.29 is 4.79 Å². The molecule has 2 saturated heterocycles. The van der Waals surface area contributed by atoms with Crippen LogP contribution in [0, 0.1) is 0 Å². The highest BCUT2D eigenvalue weighted by atomic mass is 16.2. The maximum absolute atomic E-state index is 12.0. The summed E-state index contributed by atoms with van der Waals surface area (Å²) >= 11 is 0. The summed E-state index contributed by atoms with van der Waals surface area (Å²) in [5, 5.41) is 6.40. The van der Waals surface area contributed by atoms with Gasteiger partial charge in [0.1, 0.15) is 0 Å². The first kappa shape index (κ1) is 14.8. The van der Waals surface area contributed by atoms with E-state index in [9.17, 15) is 4.79 Å². The molecule has 5 heteroatoms. The van der Waals surface area contributed by atoms with Gasteiger partial charge in [-0.15, -0.1) is 0 Å². The van der Waals surface area contributed by atoms with Gasteiger partial charge in [-0.25, -0.2) is 0 Å². The van der Waals surface area contributed by atoms with E-state index >= 15 is 0 Å². The van der Waals surface area contributed by atoms with Crippen LogP contribution in [0.15, 0.2) is 0 Å². The maximum atomic E-state index is 12.0. The van der Waals surface area contributed by atoms with Gasteiger partial charge in [0.05, 0.1) is 6.04 Å². The fraction of sp³-hybridized carbons (Fsp3) is 0.929. The predicted molar refractivity (Wildman–Crippen MR) is 77.2 cm³/mol. The molecule has 0 spiro atoms. The number of amides is 1. The number of rotatable bonds is 6. The minimum absolute atomic E-state index is 0.0241. The van der Waals surface area contributed by atoms with Crippen LogP contribution in [0.5, 0.6) is 0 Å². The molecule has 0 saturated carbocycles. The third-order valence-corrected chi connectivity index (χ3v) is 4.32. The topological polar surface area (TPSA) is 47.6 Å². The summed E-state index contributed by atoms with van der Waals surface area (Å²) in [6.45, 7) is 11.6. The average molecular weight is 268 g/mol. The van der Waals surface area contributed by atoms with Gasteiger partial charge in [0.2, 0.25) is 5.91 Å². The molecule has 0 bridgehead atoms. The molecule has 19 heavy (non-hydrogen) atoms. The van der Waals surface area contributed by atoms with E-state index in [1.54, 1.807) is 0 Å². The zero-order chi connectivity index (χ0) is 13.7. The zero-order valence-electron chi connectivity index (χ0n) is 12.3. The van der Waals surface area contributed by atoms with E-state index in [0.717, 1.165) is 58.7 Å². The van der Waals surface area contributed by atoms with Crippen molar-refractivity contribution in [1.29, 1.82) is 0 Å². The Morgan fingerprint density at radius 1 is 1.37 bits per heavy atom.